The molecule has 5 rings (SSSR count). The zero-order chi connectivity index (χ0) is 27.9. The molecule has 4 heterocycles. The molecular weight excluding hydrogens is 556 g/mol. The minimum Gasteiger partial charge on any atom is -0.456 e. The second kappa shape index (κ2) is 10.1. The van der Waals surface area contributed by atoms with E-state index >= 15 is 0 Å². The number of nitrogen functional groups attached to an aromatic ring is 1. The molecule has 3 aliphatic heterocycles. The molecule has 204 valence electrons. The fourth-order valence-corrected chi connectivity index (χ4v) is 6.67. The van der Waals surface area contributed by atoms with Crippen molar-refractivity contribution < 1.29 is 38.4 Å². The summed E-state index contributed by atoms with van der Waals surface area (Å²) < 4.78 is 10.9. The Labute approximate surface area is 227 Å². The number of oxime groups is 1. The van der Waals surface area contributed by atoms with Gasteiger partial charge in [-0.2, -0.15) is 0 Å². The monoisotopic (exact) mass is 576 g/mol. The summed E-state index contributed by atoms with van der Waals surface area (Å²) in [4.78, 5) is 72.2. The van der Waals surface area contributed by atoms with Gasteiger partial charge in [-0.05, 0) is 17.7 Å². The Morgan fingerprint density at radius 2 is 2.10 bits per heavy atom. The Morgan fingerprint density at radius 1 is 1.36 bits per heavy atom. The van der Waals surface area contributed by atoms with Crippen molar-refractivity contribution in [3.05, 3.63) is 51.0 Å². The Kier molecular flexibility index (Phi) is 6.85. The molecule has 3 aliphatic rings. The number of nitro benzene ring substituents is 1. The number of thiazole rings is 1. The Balaban J connectivity index is 1.33. The maximum Gasteiger partial charge on any atom is 0.373 e. The largest absolute Gasteiger partial charge is 0.456 e. The number of hydrogen-bond acceptors (Lipinski definition) is 14. The zero-order valence-corrected chi connectivity index (χ0v) is 21.7. The molecule has 1 aromatic heterocycles. The fraction of sp³-hybridized carbons (Fsp3) is 0.364. The Hall–Kier alpha value is -4.25. The molecular formula is C22H20N6O9S2. The van der Waals surface area contributed by atoms with Crippen LogP contribution in [0.4, 0.5) is 10.8 Å². The van der Waals surface area contributed by atoms with Crippen LogP contribution in [-0.2, 0) is 40.1 Å². The summed E-state index contributed by atoms with van der Waals surface area (Å²) in [6.07, 6.45) is -0.0942. The molecule has 1 aromatic carbocycles. The summed E-state index contributed by atoms with van der Waals surface area (Å²) in [6, 6.07) is 4.33. The number of ether oxygens (including phenoxy) is 2. The first-order valence-corrected chi connectivity index (χ1v) is 13.3. The first-order chi connectivity index (χ1) is 18.6. The van der Waals surface area contributed by atoms with E-state index in [0.29, 0.717) is 5.56 Å². The first kappa shape index (κ1) is 26.4. The molecule has 4 atom stereocenters. The van der Waals surface area contributed by atoms with Crippen LogP contribution in [0.25, 0.3) is 0 Å². The van der Waals surface area contributed by atoms with Gasteiger partial charge in [-0.25, -0.2) is 9.78 Å². The van der Waals surface area contributed by atoms with Crippen LogP contribution in [0.3, 0.4) is 0 Å². The smallest absolute Gasteiger partial charge is 0.373 e. The summed E-state index contributed by atoms with van der Waals surface area (Å²) in [5.74, 6) is -3.40. The zero-order valence-electron chi connectivity index (χ0n) is 20.1. The third kappa shape index (κ3) is 4.52. The standard InChI is InChI=1S/C22H20N6O9S2/c1-35-26-15(13-9-39-21(23)24-13)17(30)25-16-18(31)27-19(16)38-8-11-6-14(29)37-22(11,27)20(32)36-7-10-2-4-12(5-3-10)28(33)34/h2-5,9,11,16,19H,6-8H2,1H3,(H2,23,24)(H,25,30)/t11-,16-,19-,22-/m1/s1. The summed E-state index contributed by atoms with van der Waals surface area (Å²) in [5, 5.41) is 18.1. The minimum absolute atomic E-state index is 0.0942. The number of esters is 2. The molecule has 3 fully saturated rings. The van der Waals surface area contributed by atoms with E-state index in [4.69, 9.17) is 20.0 Å². The normalized spacial score (nSPS) is 25.6. The van der Waals surface area contributed by atoms with E-state index < -0.39 is 51.7 Å². The van der Waals surface area contributed by atoms with E-state index in [0.717, 1.165) is 16.2 Å². The lowest BCUT2D eigenvalue weighted by Crippen LogP contribution is -2.80. The van der Waals surface area contributed by atoms with Crippen molar-refractivity contribution in [1.29, 1.82) is 0 Å². The molecule has 0 saturated carbocycles. The van der Waals surface area contributed by atoms with Crippen molar-refractivity contribution in [2.24, 2.45) is 11.1 Å². The quantitative estimate of drug-likeness (QED) is 0.144. The van der Waals surface area contributed by atoms with E-state index in [1.54, 1.807) is 0 Å². The van der Waals surface area contributed by atoms with Gasteiger partial charge in [0.15, 0.2) is 10.8 Å². The molecule has 15 nitrogen and oxygen atoms in total. The third-order valence-electron chi connectivity index (χ3n) is 6.36. The average molecular weight is 577 g/mol. The number of nitrogens with zero attached hydrogens (tertiary/aromatic N) is 4. The number of anilines is 1. The fourth-order valence-electron chi connectivity index (χ4n) is 4.57. The van der Waals surface area contributed by atoms with Crippen LogP contribution in [0, 0.1) is 16.0 Å². The topological polar surface area (TPSA) is 206 Å². The van der Waals surface area contributed by atoms with Gasteiger partial charge < -0.3 is 25.4 Å². The molecule has 0 aliphatic carbocycles. The van der Waals surface area contributed by atoms with Crippen molar-refractivity contribution >= 4 is 63.4 Å². The van der Waals surface area contributed by atoms with Crippen LogP contribution in [0.5, 0.6) is 0 Å². The number of amides is 2. The van der Waals surface area contributed by atoms with Crippen LogP contribution >= 0.6 is 23.1 Å². The molecule has 2 aromatic rings. The van der Waals surface area contributed by atoms with Gasteiger partial charge in [0, 0.05) is 29.2 Å². The molecule has 0 radical (unpaired) electrons. The summed E-state index contributed by atoms with van der Waals surface area (Å²) in [5.41, 5.74) is 3.96. The number of hydrogen-bond donors (Lipinski definition) is 2. The van der Waals surface area contributed by atoms with E-state index in [1.165, 1.54) is 48.5 Å². The number of benzene rings is 1. The molecule has 39 heavy (non-hydrogen) atoms. The molecule has 2 amide bonds. The van der Waals surface area contributed by atoms with E-state index in [-0.39, 0.29) is 41.0 Å². The number of thioether (sulfide) groups is 1. The summed E-state index contributed by atoms with van der Waals surface area (Å²) >= 11 is 2.38. The summed E-state index contributed by atoms with van der Waals surface area (Å²) in [7, 11) is 1.25. The van der Waals surface area contributed by atoms with Crippen molar-refractivity contribution in [2.75, 3.05) is 18.6 Å². The van der Waals surface area contributed by atoms with E-state index in [2.05, 4.69) is 15.5 Å². The number of rotatable bonds is 8. The van der Waals surface area contributed by atoms with Gasteiger partial charge in [-0.1, -0.05) is 5.16 Å². The van der Waals surface area contributed by atoms with Crippen molar-refractivity contribution in [3.8, 4) is 0 Å². The second-order valence-electron chi connectivity index (χ2n) is 8.65. The number of aromatic nitrogens is 1. The van der Waals surface area contributed by atoms with Crippen molar-refractivity contribution in [3.63, 3.8) is 0 Å². The lowest BCUT2D eigenvalue weighted by Gasteiger charge is -2.56. The third-order valence-corrected chi connectivity index (χ3v) is 8.46. The molecule has 17 heteroatoms. The van der Waals surface area contributed by atoms with Crippen molar-refractivity contribution in [1.82, 2.24) is 15.2 Å². The van der Waals surface area contributed by atoms with Crippen LogP contribution < -0.4 is 11.1 Å². The highest BCUT2D eigenvalue weighted by atomic mass is 32.2. The maximum atomic E-state index is 13.4. The molecule has 3 saturated heterocycles. The summed E-state index contributed by atoms with van der Waals surface area (Å²) in [6.45, 7) is -0.267. The van der Waals surface area contributed by atoms with Crippen LogP contribution in [-0.4, -0.2) is 74.3 Å². The van der Waals surface area contributed by atoms with Gasteiger partial charge in [0.1, 0.15) is 30.8 Å². The molecule has 0 bridgehead atoms. The van der Waals surface area contributed by atoms with E-state index in [9.17, 15) is 29.3 Å². The number of fused-ring (bicyclic) bond motifs is 3. The highest BCUT2D eigenvalue weighted by molar-refractivity contribution is 8.00. The van der Waals surface area contributed by atoms with Gasteiger partial charge in [-0.15, -0.1) is 23.1 Å². The van der Waals surface area contributed by atoms with E-state index in [1.807, 2.05) is 0 Å². The number of β-lactam (4-membered cyclic amide) rings is 1. The number of nitrogens with one attached hydrogen (secondary N) is 1. The lowest BCUT2D eigenvalue weighted by molar-refractivity contribution is -0.384. The lowest BCUT2D eigenvalue weighted by atomic mass is 9.89. The number of nitrogens with two attached hydrogens (primary N) is 1. The molecule has 0 spiro atoms. The highest BCUT2D eigenvalue weighted by Crippen LogP contribution is 2.51. The number of carbonyl (C=O) groups is 4. The Morgan fingerprint density at radius 3 is 2.74 bits per heavy atom. The SMILES string of the molecule is CON=C(C(=O)N[C@@H]1C(=O)N2[C@@H]1SC[C@H]1CC(=O)O[C@@]12C(=O)OCc1ccc([N+](=O)[O-])cc1)c1csc(N)n1. The van der Waals surface area contributed by atoms with Gasteiger partial charge in [-0.3, -0.25) is 29.4 Å². The van der Waals surface area contributed by atoms with Gasteiger partial charge in [0.25, 0.3) is 23.2 Å². The molecule has 0 unspecified atom stereocenters. The Bertz CT molecular complexity index is 1400. The number of nitro groups is 1. The second-order valence-corrected chi connectivity index (χ2v) is 10.7. The predicted molar refractivity (Wildman–Crippen MR) is 135 cm³/mol. The van der Waals surface area contributed by atoms with Gasteiger partial charge in [0.05, 0.1) is 11.3 Å². The predicted octanol–water partition coefficient (Wildman–Crippen LogP) is 0.387. The van der Waals surface area contributed by atoms with Crippen LogP contribution in [0.1, 0.15) is 17.7 Å². The molecule has 3 N–H and O–H groups in total. The van der Waals surface area contributed by atoms with Crippen molar-refractivity contribution in [2.45, 2.75) is 30.2 Å². The number of non-ortho nitro benzene ring substituents is 1. The minimum atomic E-state index is -1.99. The first-order valence-electron chi connectivity index (χ1n) is 11.4. The van der Waals surface area contributed by atoms with Gasteiger partial charge >= 0.3 is 11.9 Å². The number of carbonyl (C=O) groups excluding carboxylic acids is 4. The maximum absolute atomic E-state index is 13.4. The van der Waals surface area contributed by atoms with Crippen LogP contribution in [0.2, 0.25) is 0 Å². The van der Waals surface area contributed by atoms with Gasteiger partial charge in [0.2, 0.25) is 0 Å². The highest BCUT2D eigenvalue weighted by Gasteiger charge is 2.71. The average Bonchev–Trinajstić information content (AvgIpc) is 3.50. The van der Waals surface area contributed by atoms with Crippen LogP contribution in [0.15, 0.2) is 34.8 Å².